The molecule has 0 aliphatic heterocycles. The van der Waals surface area contributed by atoms with Crippen molar-refractivity contribution in [3.8, 4) is 0 Å². The van der Waals surface area contributed by atoms with Crippen LogP contribution >= 0.6 is 0 Å². The van der Waals surface area contributed by atoms with E-state index in [1.54, 1.807) is 6.07 Å². The first kappa shape index (κ1) is 17.4. The maximum absolute atomic E-state index is 13.6. The third-order valence-corrected chi connectivity index (χ3v) is 6.43. The van der Waals surface area contributed by atoms with Crippen molar-refractivity contribution in [1.82, 2.24) is 0 Å². The van der Waals surface area contributed by atoms with Crippen molar-refractivity contribution < 1.29 is 18.7 Å². The molecule has 4 heteroatoms. The van der Waals surface area contributed by atoms with Gasteiger partial charge in [-0.15, -0.1) is 0 Å². The number of aliphatic carboxylic acids is 1. The Balaban J connectivity index is 1.95. The summed E-state index contributed by atoms with van der Waals surface area (Å²) in [6.07, 6.45) is 3.65. The molecule has 2 saturated carbocycles. The fourth-order valence-electron chi connectivity index (χ4n) is 5.02. The normalized spacial score (nSPS) is 35.9. The van der Waals surface area contributed by atoms with E-state index >= 15 is 0 Å². The third-order valence-electron chi connectivity index (χ3n) is 6.43. The van der Waals surface area contributed by atoms with Gasteiger partial charge in [0.05, 0.1) is 5.41 Å². The summed E-state index contributed by atoms with van der Waals surface area (Å²) in [7, 11) is 0. The number of benzene rings is 1. The Labute approximate surface area is 142 Å². The van der Waals surface area contributed by atoms with E-state index in [9.17, 15) is 18.7 Å². The van der Waals surface area contributed by atoms with Gasteiger partial charge in [-0.05, 0) is 60.6 Å². The Hall–Kier alpha value is -1.45. The standard InChI is InChI=1S/C20H26F2O2/c1-11(2)14-6-4-12(3)8-15(14)20(19(23)24)10-16(20)13-5-7-17(21)18(22)9-13/h5,7,9,11-12,14-16H,4,6,8,10H2,1-3H3,(H,23,24)/t12-,14+,15-,16-,20-/m1/s1. The van der Waals surface area contributed by atoms with Crippen LogP contribution < -0.4 is 0 Å². The number of hydrogen-bond acceptors (Lipinski definition) is 1. The van der Waals surface area contributed by atoms with Crippen molar-refractivity contribution in [3.63, 3.8) is 0 Å². The summed E-state index contributed by atoms with van der Waals surface area (Å²) < 4.78 is 26.8. The Morgan fingerprint density at radius 1 is 1.25 bits per heavy atom. The predicted molar refractivity (Wildman–Crippen MR) is 88.6 cm³/mol. The summed E-state index contributed by atoms with van der Waals surface area (Å²) >= 11 is 0. The molecule has 0 spiro atoms. The van der Waals surface area contributed by atoms with Crippen LogP contribution in [0.5, 0.6) is 0 Å². The van der Waals surface area contributed by atoms with Gasteiger partial charge in [-0.25, -0.2) is 8.78 Å². The molecule has 0 saturated heterocycles. The van der Waals surface area contributed by atoms with E-state index in [-0.39, 0.29) is 11.8 Å². The SMILES string of the molecule is CC(C)[C@@H]1CC[C@@H](C)C[C@H]1[C@]1(C(=O)O)C[C@@H]1c1ccc(F)c(F)c1. The van der Waals surface area contributed by atoms with Crippen LogP contribution in [0.1, 0.15) is 57.9 Å². The van der Waals surface area contributed by atoms with Crippen molar-refractivity contribution in [2.75, 3.05) is 0 Å². The minimum Gasteiger partial charge on any atom is -0.481 e. The van der Waals surface area contributed by atoms with Gasteiger partial charge in [-0.3, -0.25) is 4.79 Å². The van der Waals surface area contributed by atoms with Crippen molar-refractivity contribution >= 4 is 5.97 Å². The molecule has 2 aliphatic rings. The Bertz CT molecular complexity index is 643. The number of rotatable bonds is 4. The molecule has 1 N–H and O–H groups in total. The second-order valence-corrected chi connectivity index (χ2v) is 8.21. The molecule has 2 nitrogen and oxygen atoms in total. The molecular weight excluding hydrogens is 310 g/mol. The van der Waals surface area contributed by atoms with Crippen LogP contribution in [-0.2, 0) is 4.79 Å². The first-order chi connectivity index (χ1) is 11.3. The van der Waals surface area contributed by atoms with Crippen molar-refractivity contribution in [1.29, 1.82) is 0 Å². The average Bonchev–Trinajstić information content (AvgIpc) is 3.26. The number of halogens is 2. The van der Waals surface area contributed by atoms with E-state index in [0.29, 0.717) is 29.7 Å². The summed E-state index contributed by atoms with van der Waals surface area (Å²) in [6.45, 7) is 6.52. The van der Waals surface area contributed by atoms with E-state index in [2.05, 4.69) is 20.8 Å². The quantitative estimate of drug-likeness (QED) is 0.817. The van der Waals surface area contributed by atoms with E-state index in [1.165, 1.54) is 6.07 Å². The molecule has 0 amide bonds. The molecule has 0 bridgehead atoms. The zero-order valence-corrected chi connectivity index (χ0v) is 14.6. The van der Waals surface area contributed by atoms with Crippen LogP contribution in [0.3, 0.4) is 0 Å². The molecule has 0 heterocycles. The lowest BCUT2D eigenvalue weighted by molar-refractivity contribution is -0.148. The van der Waals surface area contributed by atoms with Gasteiger partial charge < -0.3 is 5.11 Å². The molecule has 132 valence electrons. The molecule has 1 aromatic rings. The van der Waals surface area contributed by atoms with Gasteiger partial charge in [-0.1, -0.05) is 33.3 Å². The molecule has 3 rings (SSSR count). The summed E-state index contributed by atoms with van der Waals surface area (Å²) in [5, 5.41) is 10.0. The highest BCUT2D eigenvalue weighted by Crippen LogP contribution is 2.68. The number of carboxylic acids is 1. The summed E-state index contributed by atoms with van der Waals surface area (Å²) in [4.78, 5) is 12.2. The minimum atomic E-state index is -0.892. The van der Waals surface area contributed by atoms with Gasteiger partial charge in [0.1, 0.15) is 0 Å². The molecule has 1 aromatic carbocycles. The van der Waals surface area contributed by atoms with Crippen LogP contribution in [0, 0.1) is 40.7 Å². The first-order valence-electron chi connectivity index (χ1n) is 8.95. The Morgan fingerprint density at radius 2 is 1.96 bits per heavy atom. The fourth-order valence-corrected chi connectivity index (χ4v) is 5.02. The van der Waals surface area contributed by atoms with Crippen LogP contribution in [0.2, 0.25) is 0 Å². The highest BCUT2D eigenvalue weighted by Gasteiger charge is 2.66. The van der Waals surface area contributed by atoms with Gasteiger partial charge in [0, 0.05) is 5.92 Å². The number of hydrogen-bond donors (Lipinski definition) is 1. The largest absolute Gasteiger partial charge is 0.481 e. The highest BCUT2D eigenvalue weighted by atomic mass is 19.2. The van der Waals surface area contributed by atoms with Gasteiger partial charge in [0.15, 0.2) is 11.6 Å². The van der Waals surface area contributed by atoms with E-state index < -0.39 is 23.0 Å². The molecule has 0 aromatic heterocycles. The van der Waals surface area contributed by atoms with E-state index in [1.807, 2.05) is 0 Å². The summed E-state index contributed by atoms with van der Waals surface area (Å²) in [6, 6.07) is 3.84. The van der Waals surface area contributed by atoms with Gasteiger partial charge >= 0.3 is 5.97 Å². The monoisotopic (exact) mass is 336 g/mol. The first-order valence-corrected chi connectivity index (χ1v) is 8.95. The second kappa shape index (κ2) is 6.12. The molecular formula is C20H26F2O2. The lowest BCUT2D eigenvalue weighted by Crippen LogP contribution is -2.38. The summed E-state index contributed by atoms with van der Waals surface area (Å²) in [5.41, 5.74) is -0.189. The zero-order valence-electron chi connectivity index (χ0n) is 14.6. The molecule has 24 heavy (non-hydrogen) atoms. The van der Waals surface area contributed by atoms with E-state index in [0.717, 1.165) is 25.3 Å². The van der Waals surface area contributed by atoms with Crippen molar-refractivity contribution in [3.05, 3.63) is 35.4 Å². The smallest absolute Gasteiger partial charge is 0.310 e. The van der Waals surface area contributed by atoms with Crippen LogP contribution in [-0.4, -0.2) is 11.1 Å². The third kappa shape index (κ3) is 2.74. The number of carboxylic acid groups (broad SMARTS) is 1. The maximum atomic E-state index is 13.6. The molecule has 5 atom stereocenters. The van der Waals surface area contributed by atoms with Crippen molar-refractivity contribution in [2.24, 2.45) is 29.1 Å². The van der Waals surface area contributed by atoms with Gasteiger partial charge in [0.2, 0.25) is 0 Å². The van der Waals surface area contributed by atoms with Crippen LogP contribution in [0.4, 0.5) is 8.78 Å². The average molecular weight is 336 g/mol. The van der Waals surface area contributed by atoms with Crippen molar-refractivity contribution in [2.45, 2.75) is 52.4 Å². The van der Waals surface area contributed by atoms with Crippen LogP contribution in [0.15, 0.2) is 18.2 Å². The zero-order chi connectivity index (χ0) is 17.6. The molecule has 2 aliphatic carbocycles. The fraction of sp³-hybridized carbons (Fsp3) is 0.650. The van der Waals surface area contributed by atoms with Crippen LogP contribution in [0.25, 0.3) is 0 Å². The van der Waals surface area contributed by atoms with E-state index in [4.69, 9.17) is 0 Å². The molecule has 0 radical (unpaired) electrons. The lowest BCUT2D eigenvalue weighted by atomic mass is 9.63. The molecule has 0 unspecified atom stereocenters. The second-order valence-electron chi connectivity index (χ2n) is 8.21. The topological polar surface area (TPSA) is 37.3 Å². The predicted octanol–water partition coefficient (Wildman–Crippen LogP) is 5.23. The minimum absolute atomic E-state index is 0.108. The highest BCUT2D eigenvalue weighted by molar-refractivity contribution is 5.81. The Kier molecular flexibility index (Phi) is 4.43. The number of carbonyl (C=O) groups is 1. The maximum Gasteiger partial charge on any atom is 0.310 e. The summed E-state index contributed by atoms with van der Waals surface area (Å²) in [5.74, 6) is -1.31. The van der Waals surface area contributed by atoms with Gasteiger partial charge in [0.25, 0.3) is 0 Å². The lowest BCUT2D eigenvalue weighted by Gasteiger charge is -2.41. The molecule has 2 fully saturated rings. The van der Waals surface area contributed by atoms with Gasteiger partial charge in [-0.2, -0.15) is 0 Å². The Morgan fingerprint density at radius 3 is 2.54 bits per heavy atom.